The Balaban J connectivity index is 0.000000534. The van der Waals surface area contributed by atoms with Gasteiger partial charge in [0.1, 0.15) is 0 Å². The third-order valence-corrected chi connectivity index (χ3v) is 2.62. The number of carboxylic acid groups (broad SMARTS) is 1. The van der Waals surface area contributed by atoms with Crippen LogP contribution in [0.25, 0.3) is 0 Å². The van der Waals surface area contributed by atoms with Crippen LogP contribution in [-0.4, -0.2) is 48.2 Å². The summed E-state index contributed by atoms with van der Waals surface area (Å²) in [6, 6.07) is 6.87. The molecular weight excluding hydrogens is 325 g/mol. The van der Waals surface area contributed by atoms with Gasteiger partial charge in [0.15, 0.2) is 0 Å². The molecule has 9 heteroatoms. The predicted molar refractivity (Wildman–Crippen MR) is 75.5 cm³/mol. The van der Waals surface area contributed by atoms with Gasteiger partial charge in [-0.3, -0.25) is 4.79 Å². The molecule has 1 aromatic rings. The van der Waals surface area contributed by atoms with Crippen molar-refractivity contribution in [3.05, 3.63) is 34.9 Å². The Hall–Kier alpha value is -1.80. The first-order chi connectivity index (χ1) is 9.95. The Bertz CT molecular complexity index is 504. The Morgan fingerprint density at radius 3 is 2.00 bits per heavy atom. The summed E-state index contributed by atoms with van der Waals surface area (Å²) in [7, 11) is 3.40. The zero-order chi connectivity index (χ0) is 17.5. The molecule has 0 fully saturated rings. The summed E-state index contributed by atoms with van der Waals surface area (Å²) in [5.74, 6) is -2.82. The largest absolute Gasteiger partial charge is 0.490 e. The molecule has 1 rings (SSSR count). The minimum atomic E-state index is -5.08. The van der Waals surface area contributed by atoms with Crippen molar-refractivity contribution in [2.45, 2.75) is 18.6 Å². The molecule has 1 amide bonds. The highest BCUT2D eigenvalue weighted by atomic mass is 35.5. The van der Waals surface area contributed by atoms with E-state index in [1.807, 2.05) is 12.1 Å². The fourth-order valence-corrected chi connectivity index (χ4v) is 1.42. The maximum Gasteiger partial charge on any atom is 0.490 e. The van der Waals surface area contributed by atoms with E-state index in [-0.39, 0.29) is 5.91 Å². The molecule has 0 bridgehead atoms. The van der Waals surface area contributed by atoms with E-state index in [4.69, 9.17) is 27.2 Å². The summed E-state index contributed by atoms with van der Waals surface area (Å²) in [6.45, 7) is 0. The standard InChI is InChI=1S/C11H15ClN2O.C2HF3O2/c1-14(2)11(15)10(13)7-8-3-5-9(12)6-4-8;3-2(4,5)1(6)7/h3-6,10H,7,13H2,1-2H3;(H,6,7)/t10-;/m0./s1. The predicted octanol–water partition coefficient (Wildman–Crippen LogP) is 1.93. The van der Waals surface area contributed by atoms with E-state index in [1.54, 1.807) is 26.2 Å². The van der Waals surface area contributed by atoms with Crippen molar-refractivity contribution in [1.82, 2.24) is 4.90 Å². The van der Waals surface area contributed by atoms with Crippen molar-refractivity contribution >= 4 is 23.5 Å². The van der Waals surface area contributed by atoms with Crippen LogP contribution in [0.2, 0.25) is 5.02 Å². The molecule has 0 radical (unpaired) electrons. The minimum absolute atomic E-state index is 0.0649. The third-order valence-electron chi connectivity index (χ3n) is 2.37. The number of rotatable bonds is 3. The maximum absolute atomic E-state index is 11.5. The Kier molecular flexibility index (Phi) is 7.89. The van der Waals surface area contributed by atoms with Gasteiger partial charge in [-0.05, 0) is 24.1 Å². The van der Waals surface area contributed by atoms with Crippen LogP contribution < -0.4 is 5.73 Å². The van der Waals surface area contributed by atoms with Crippen LogP contribution in [0, 0.1) is 0 Å². The fourth-order valence-electron chi connectivity index (χ4n) is 1.29. The van der Waals surface area contributed by atoms with E-state index >= 15 is 0 Å². The molecule has 1 aromatic carbocycles. The Morgan fingerprint density at radius 2 is 1.68 bits per heavy atom. The molecule has 0 saturated heterocycles. The van der Waals surface area contributed by atoms with Crippen molar-refractivity contribution in [1.29, 1.82) is 0 Å². The lowest BCUT2D eigenvalue weighted by Crippen LogP contribution is -2.41. The van der Waals surface area contributed by atoms with Crippen LogP contribution in [-0.2, 0) is 16.0 Å². The summed E-state index contributed by atoms with van der Waals surface area (Å²) in [5, 5.41) is 7.81. The fraction of sp³-hybridized carbons (Fsp3) is 0.385. The molecule has 0 aliphatic rings. The van der Waals surface area contributed by atoms with Crippen molar-refractivity contribution in [3.63, 3.8) is 0 Å². The van der Waals surface area contributed by atoms with Crippen LogP contribution >= 0.6 is 11.6 Å². The number of carboxylic acids is 1. The quantitative estimate of drug-likeness (QED) is 0.880. The van der Waals surface area contributed by atoms with E-state index in [1.165, 1.54) is 4.90 Å². The number of nitrogens with zero attached hydrogens (tertiary/aromatic N) is 1. The van der Waals surface area contributed by atoms with E-state index in [0.29, 0.717) is 11.4 Å². The van der Waals surface area contributed by atoms with Gasteiger partial charge in [0.25, 0.3) is 0 Å². The molecule has 0 aliphatic heterocycles. The van der Waals surface area contributed by atoms with Crippen LogP contribution in [0.1, 0.15) is 5.56 Å². The summed E-state index contributed by atoms with van der Waals surface area (Å²) < 4.78 is 31.7. The number of carbonyl (C=O) groups is 2. The van der Waals surface area contributed by atoms with Crippen LogP contribution in [0.5, 0.6) is 0 Å². The first kappa shape index (κ1) is 20.2. The average molecular weight is 341 g/mol. The smallest absolute Gasteiger partial charge is 0.475 e. The van der Waals surface area contributed by atoms with Crippen molar-refractivity contribution in [2.75, 3.05) is 14.1 Å². The van der Waals surface area contributed by atoms with Crippen molar-refractivity contribution < 1.29 is 27.9 Å². The first-order valence-corrected chi connectivity index (χ1v) is 6.34. The second-order valence-corrected chi connectivity index (χ2v) is 4.91. The molecule has 3 N–H and O–H groups in total. The molecule has 0 aliphatic carbocycles. The molecule has 0 unspecified atom stereocenters. The van der Waals surface area contributed by atoms with Crippen LogP contribution in [0.3, 0.4) is 0 Å². The Morgan fingerprint density at radius 1 is 1.27 bits per heavy atom. The number of halogens is 4. The van der Waals surface area contributed by atoms with Gasteiger partial charge in [0, 0.05) is 19.1 Å². The van der Waals surface area contributed by atoms with E-state index in [0.717, 1.165) is 5.56 Å². The summed E-state index contributed by atoms with van der Waals surface area (Å²) in [6.07, 6.45) is -4.55. The van der Waals surface area contributed by atoms with Gasteiger partial charge in [0.05, 0.1) is 6.04 Å². The van der Waals surface area contributed by atoms with Gasteiger partial charge in [-0.25, -0.2) is 4.79 Å². The van der Waals surface area contributed by atoms with E-state index in [9.17, 15) is 18.0 Å². The molecule has 124 valence electrons. The average Bonchev–Trinajstić information content (AvgIpc) is 2.40. The minimum Gasteiger partial charge on any atom is -0.475 e. The summed E-state index contributed by atoms with van der Waals surface area (Å²) in [4.78, 5) is 21.9. The summed E-state index contributed by atoms with van der Waals surface area (Å²) >= 11 is 5.75. The monoisotopic (exact) mass is 340 g/mol. The van der Waals surface area contributed by atoms with E-state index < -0.39 is 18.2 Å². The second-order valence-electron chi connectivity index (χ2n) is 4.47. The molecule has 1 atom stereocenters. The zero-order valence-corrected chi connectivity index (χ0v) is 12.6. The second kappa shape index (κ2) is 8.60. The highest BCUT2D eigenvalue weighted by molar-refractivity contribution is 6.30. The highest BCUT2D eigenvalue weighted by Crippen LogP contribution is 2.13. The third kappa shape index (κ3) is 7.84. The molecular formula is C13H16ClF3N2O3. The summed E-state index contributed by atoms with van der Waals surface area (Å²) in [5.41, 5.74) is 6.78. The molecule has 0 aromatic heterocycles. The number of nitrogens with two attached hydrogens (primary N) is 1. The number of carbonyl (C=O) groups excluding carboxylic acids is 1. The molecule has 22 heavy (non-hydrogen) atoms. The molecule has 0 heterocycles. The van der Waals surface area contributed by atoms with Gasteiger partial charge in [-0.2, -0.15) is 13.2 Å². The van der Waals surface area contributed by atoms with Gasteiger partial charge >= 0.3 is 12.1 Å². The van der Waals surface area contributed by atoms with Crippen LogP contribution in [0.4, 0.5) is 13.2 Å². The SMILES string of the molecule is CN(C)C(=O)[C@@H](N)Cc1ccc(Cl)cc1.O=C(O)C(F)(F)F. The molecule has 0 saturated carbocycles. The normalized spacial score (nSPS) is 12.0. The van der Waals surface area contributed by atoms with E-state index in [2.05, 4.69) is 0 Å². The van der Waals surface area contributed by atoms with Gasteiger partial charge < -0.3 is 15.7 Å². The number of likely N-dealkylation sites (N-methyl/N-ethyl adjacent to an activating group) is 1. The van der Waals surface area contributed by atoms with Crippen molar-refractivity contribution in [3.8, 4) is 0 Å². The topological polar surface area (TPSA) is 83.6 Å². The highest BCUT2D eigenvalue weighted by Gasteiger charge is 2.38. The first-order valence-electron chi connectivity index (χ1n) is 5.96. The number of hydrogen-bond acceptors (Lipinski definition) is 3. The van der Waals surface area contributed by atoms with Gasteiger partial charge in [-0.15, -0.1) is 0 Å². The lowest BCUT2D eigenvalue weighted by Gasteiger charge is -2.16. The lowest BCUT2D eigenvalue weighted by atomic mass is 10.1. The zero-order valence-electron chi connectivity index (χ0n) is 11.9. The van der Waals surface area contributed by atoms with Crippen molar-refractivity contribution in [2.24, 2.45) is 5.73 Å². The van der Waals surface area contributed by atoms with Gasteiger partial charge in [-0.1, -0.05) is 23.7 Å². The molecule has 5 nitrogen and oxygen atoms in total. The Labute approximate surface area is 130 Å². The number of aliphatic carboxylic acids is 1. The number of hydrogen-bond donors (Lipinski definition) is 2. The maximum atomic E-state index is 11.5. The number of alkyl halides is 3. The number of amides is 1. The van der Waals surface area contributed by atoms with Crippen LogP contribution in [0.15, 0.2) is 24.3 Å². The number of benzene rings is 1. The molecule has 0 spiro atoms. The lowest BCUT2D eigenvalue weighted by molar-refractivity contribution is -0.192. The van der Waals surface area contributed by atoms with Gasteiger partial charge in [0.2, 0.25) is 5.91 Å².